The van der Waals surface area contributed by atoms with Crippen molar-refractivity contribution in [1.29, 1.82) is 0 Å². The Bertz CT molecular complexity index is 910. The van der Waals surface area contributed by atoms with Gasteiger partial charge in [-0.25, -0.2) is 8.42 Å². The van der Waals surface area contributed by atoms with Gasteiger partial charge in [-0.3, -0.25) is 4.31 Å². The number of hydrogen-bond donors (Lipinski definition) is 1. The van der Waals surface area contributed by atoms with Crippen LogP contribution in [0.2, 0.25) is 0 Å². The molecule has 0 unspecified atom stereocenters. The van der Waals surface area contributed by atoms with Crippen LogP contribution in [0.4, 0.5) is 11.4 Å². The standard InChI is InChI=1S/C19H18N2O2S/c20-18-13-7-8-14-19(18)21(15-16-9-3-1-4-10-16)24(22,23)17-11-5-2-6-12-17/h1-14H,15,20H2. The molecule has 5 heteroatoms. The second-order valence-electron chi connectivity index (χ2n) is 5.37. The molecule has 3 aromatic rings. The van der Waals surface area contributed by atoms with Gasteiger partial charge in [0.05, 0.1) is 22.8 Å². The molecule has 0 heterocycles. The van der Waals surface area contributed by atoms with Crippen molar-refractivity contribution in [2.45, 2.75) is 11.4 Å². The highest BCUT2D eigenvalue weighted by molar-refractivity contribution is 7.92. The number of hydrogen-bond acceptors (Lipinski definition) is 3. The van der Waals surface area contributed by atoms with E-state index in [1.807, 2.05) is 30.3 Å². The van der Waals surface area contributed by atoms with E-state index in [0.717, 1.165) is 5.56 Å². The summed E-state index contributed by atoms with van der Waals surface area (Å²) in [6.07, 6.45) is 0. The van der Waals surface area contributed by atoms with Gasteiger partial charge in [0.15, 0.2) is 0 Å². The number of nitrogens with zero attached hydrogens (tertiary/aromatic N) is 1. The van der Waals surface area contributed by atoms with Gasteiger partial charge in [-0.2, -0.15) is 0 Å². The molecule has 0 saturated heterocycles. The van der Waals surface area contributed by atoms with Crippen molar-refractivity contribution in [2.24, 2.45) is 0 Å². The lowest BCUT2D eigenvalue weighted by atomic mass is 10.2. The van der Waals surface area contributed by atoms with E-state index >= 15 is 0 Å². The molecule has 0 aliphatic heterocycles. The van der Waals surface area contributed by atoms with E-state index in [1.165, 1.54) is 4.31 Å². The first-order chi connectivity index (χ1) is 11.6. The quantitative estimate of drug-likeness (QED) is 0.722. The summed E-state index contributed by atoms with van der Waals surface area (Å²) < 4.78 is 27.7. The topological polar surface area (TPSA) is 63.4 Å². The molecule has 0 bridgehead atoms. The predicted molar refractivity (Wildman–Crippen MR) is 97.1 cm³/mol. The molecule has 0 atom stereocenters. The van der Waals surface area contributed by atoms with E-state index < -0.39 is 10.0 Å². The normalized spacial score (nSPS) is 11.2. The third-order valence-corrected chi connectivity index (χ3v) is 5.48. The first-order valence-corrected chi connectivity index (χ1v) is 8.99. The van der Waals surface area contributed by atoms with Gasteiger partial charge < -0.3 is 5.73 Å². The van der Waals surface area contributed by atoms with Crippen molar-refractivity contribution in [3.63, 3.8) is 0 Å². The fourth-order valence-corrected chi connectivity index (χ4v) is 3.98. The Balaban J connectivity index is 2.10. The fraction of sp³-hybridized carbons (Fsp3) is 0.0526. The van der Waals surface area contributed by atoms with Gasteiger partial charge in [-0.15, -0.1) is 0 Å². The molecule has 3 rings (SSSR count). The van der Waals surface area contributed by atoms with E-state index in [-0.39, 0.29) is 11.4 Å². The number of rotatable bonds is 5. The summed E-state index contributed by atoms with van der Waals surface area (Å²) in [5, 5.41) is 0. The van der Waals surface area contributed by atoms with Crippen molar-refractivity contribution >= 4 is 21.4 Å². The molecule has 0 aliphatic rings. The molecule has 0 aromatic heterocycles. The molecule has 0 fully saturated rings. The third-order valence-electron chi connectivity index (χ3n) is 3.71. The average molecular weight is 338 g/mol. The number of benzene rings is 3. The molecular formula is C19H18N2O2S. The Morgan fingerprint density at radius 2 is 1.29 bits per heavy atom. The Morgan fingerprint density at radius 1 is 0.750 bits per heavy atom. The van der Waals surface area contributed by atoms with Crippen molar-refractivity contribution in [1.82, 2.24) is 0 Å². The summed E-state index contributed by atoms with van der Waals surface area (Å²) >= 11 is 0. The van der Waals surface area contributed by atoms with Crippen LogP contribution in [0, 0.1) is 0 Å². The van der Waals surface area contributed by atoms with Gasteiger partial charge in [0, 0.05) is 0 Å². The average Bonchev–Trinajstić information content (AvgIpc) is 2.62. The van der Waals surface area contributed by atoms with Gasteiger partial charge in [-0.05, 0) is 29.8 Å². The van der Waals surface area contributed by atoms with Crippen LogP contribution in [0.1, 0.15) is 5.56 Å². The van der Waals surface area contributed by atoms with Crippen LogP contribution < -0.4 is 10.0 Å². The summed E-state index contributed by atoms with van der Waals surface area (Å²) in [5.41, 5.74) is 7.83. The minimum Gasteiger partial charge on any atom is -0.397 e. The molecule has 24 heavy (non-hydrogen) atoms. The maximum absolute atomic E-state index is 13.2. The smallest absolute Gasteiger partial charge is 0.264 e. The monoisotopic (exact) mass is 338 g/mol. The van der Waals surface area contributed by atoms with Crippen molar-refractivity contribution in [3.05, 3.63) is 90.5 Å². The Morgan fingerprint density at radius 3 is 1.92 bits per heavy atom. The molecule has 4 nitrogen and oxygen atoms in total. The van der Waals surface area contributed by atoms with E-state index in [9.17, 15) is 8.42 Å². The van der Waals surface area contributed by atoms with Crippen LogP contribution in [-0.2, 0) is 16.6 Å². The van der Waals surface area contributed by atoms with Crippen LogP contribution >= 0.6 is 0 Å². The summed E-state index contributed by atoms with van der Waals surface area (Å²) in [6, 6.07) is 24.8. The summed E-state index contributed by atoms with van der Waals surface area (Å²) in [6.45, 7) is 0.215. The van der Waals surface area contributed by atoms with E-state index in [0.29, 0.717) is 11.4 Å². The predicted octanol–water partition coefficient (Wildman–Crippen LogP) is 3.66. The van der Waals surface area contributed by atoms with Gasteiger partial charge in [-0.1, -0.05) is 60.7 Å². The minimum absolute atomic E-state index is 0.215. The number of para-hydroxylation sites is 2. The zero-order valence-electron chi connectivity index (χ0n) is 13.0. The maximum Gasteiger partial charge on any atom is 0.264 e. The van der Waals surface area contributed by atoms with Crippen LogP contribution in [-0.4, -0.2) is 8.42 Å². The molecule has 0 amide bonds. The molecule has 2 N–H and O–H groups in total. The Hall–Kier alpha value is -2.79. The number of nitrogen functional groups attached to an aromatic ring is 1. The van der Waals surface area contributed by atoms with Gasteiger partial charge in [0.25, 0.3) is 10.0 Å². The molecule has 0 saturated carbocycles. The lowest BCUT2D eigenvalue weighted by Crippen LogP contribution is -2.31. The van der Waals surface area contributed by atoms with Gasteiger partial charge >= 0.3 is 0 Å². The van der Waals surface area contributed by atoms with Crippen LogP contribution in [0.3, 0.4) is 0 Å². The molecule has 3 aromatic carbocycles. The summed E-state index contributed by atoms with van der Waals surface area (Å²) in [7, 11) is -3.72. The van der Waals surface area contributed by atoms with Gasteiger partial charge in [0.1, 0.15) is 0 Å². The maximum atomic E-state index is 13.2. The van der Waals surface area contributed by atoms with Crippen molar-refractivity contribution < 1.29 is 8.42 Å². The Labute approximate surface area is 142 Å². The van der Waals surface area contributed by atoms with Crippen molar-refractivity contribution in [2.75, 3.05) is 10.0 Å². The lowest BCUT2D eigenvalue weighted by Gasteiger charge is -2.26. The van der Waals surface area contributed by atoms with Crippen molar-refractivity contribution in [3.8, 4) is 0 Å². The third kappa shape index (κ3) is 3.26. The largest absolute Gasteiger partial charge is 0.397 e. The first-order valence-electron chi connectivity index (χ1n) is 7.55. The van der Waals surface area contributed by atoms with E-state index in [4.69, 9.17) is 5.73 Å². The van der Waals surface area contributed by atoms with Crippen LogP contribution in [0.5, 0.6) is 0 Å². The second kappa shape index (κ2) is 6.76. The molecule has 0 aliphatic carbocycles. The number of nitrogens with two attached hydrogens (primary N) is 1. The first kappa shape index (κ1) is 16.1. The second-order valence-corrected chi connectivity index (χ2v) is 7.23. The summed E-state index contributed by atoms with van der Waals surface area (Å²) in [4.78, 5) is 0.240. The Kier molecular flexibility index (Phi) is 4.53. The molecule has 0 radical (unpaired) electrons. The number of sulfonamides is 1. The lowest BCUT2D eigenvalue weighted by molar-refractivity contribution is 0.590. The fourth-order valence-electron chi connectivity index (χ4n) is 2.48. The zero-order chi connectivity index (χ0) is 17.0. The molecule has 0 spiro atoms. The highest BCUT2D eigenvalue weighted by Crippen LogP contribution is 2.30. The van der Waals surface area contributed by atoms with E-state index in [1.54, 1.807) is 54.6 Å². The summed E-state index contributed by atoms with van der Waals surface area (Å²) in [5.74, 6) is 0. The molecular weight excluding hydrogens is 320 g/mol. The SMILES string of the molecule is Nc1ccccc1N(Cc1ccccc1)S(=O)(=O)c1ccccc1. The van der Waals surface area contributed by atoms with E-state index in [2.05, 4.69) is 0 Å². The van der Waals surface area contributed by atoms with Gasteiger partial charge in [0.2, 0.25) is 0 Å². The highest BCUT2D eigenvalue weighted by Gasteiger charge is 2.26. The molecule has 122 valence electrons. The minimum atomic E-state index is -3.72. The highest BCUT2D eigenvalue weighted by atomic mass is 32.2. The van der Waals surface area contributed by atoms with Crippen LogP contribution in [0.25, 0.3) is 0 Å². The van der Waals surface area contributed by atoms with Crippen LogP contribution in [0.15, 0.2) is 89.8 Å². The zero-order valence-corrected chi connectivity index (χ0v) is 13.9. The number of anilines is 2.